The number of fused-ring (bicyclic) bond motifs is 1. The number of hydrogen-bond acceptors (Lipinski definition) is 2. The van der Waals surface area contributed by atoms with E-state index in [9.17, 15) is 9.90 Å². The number of aryl methyl sites for hydroxylation is 1. The maximum Gasteiger partial charge on any atom is 0.313 e. The minimum atomic E-state index is -1.04. The van der Waals surface area contributed by atoms with E-state index in [0.29, 0.717) is 5.57 Å². The van der Waals surface area contributed by atoms with E-state index in [-0.39, 0.29) is 0 Å². The van der Waals surface area contributed by atoms with Gasteiger partial charge in [0.1, 0.15) is 0 Å². The zero-order chi connectivity index (χ0) is 17.9. The van der Waals surface area contributed by atoms with E-state index < -0.39 is 11.4 Å². The van der Waals surface area contributed by atoms with E-state index in [4.69, 9.17) is 0 Å². The standard InChI is InChI=1S/C21H23NO2/c1-6-15-8-9-17-13-22-19(12-18(17)11-15)16(7-2)10-14(3)21(4,5)20(23)24/h7-13H,2-3,6H2,1,4-5H3,(H,23,24)/b16-10+. The Morgan fingerprint density at radius 2 is 2.00 bits per heavy atom. The van der Waals surface area contributed by atoms with Crippen molar-refractivity contribution in [3.05, 3.63) is 72.6 Å². The number of benzene rings is 1. The van der Waals surface area contributed by atoms with Crippen molar-refractivity contribution in [3.8, 4) is 0 Å². The van der Waals surface area contributed by atoms with E-state index >= 15 is 0 Å². The summed E-state index contributed by atoms with van der Waals surface area (Å²) in [6.07, 6.45) is 6.23. The van der Waals surface area contributed by atoms with Gasteiger partial charge >= 0.3 is 5.97 Å². The number of pyridine rings is 1. The van der Waals surface area contributed by atoms with Crippen molar-refractivity contribution in [2.45, 2.75) is 27.2 Å². The monoisotopic (exact) mass is 321 g/mol. The van der Waals surface area contributed by atoms with Crippen LogP contribution in [0.15, 0.2) is 61.3 Å². The number of carboxylic acids is 1. The van der Waals surface area contributed by atoms with Crippen molar-refractivity contribution >= 4 is 22.3 Å². The Hall–Kier alpha value is -2.68. The van der Waals surface area contributed by atoms with Crippen LogP contribution in [0.5, 0.6) is 0 Å². The number of hydrogen-bond donors (Lipinski definition) is 1. The summed E-state index contributed by atoms with van der Waals surface area (Å²) in [6, 6.07) is 8.32. The van der Waals surface area contributed by atoms with Gasteiger partial charge < -0.3 is 5.11 Å². The van der Waals surface area contributed by atoms with Crippen LogP contribution in [0, 0.1) is 5.41 Å². The van der Waals surface area contributed by atoms with Crippen LogP contribution < -0.4 is 0 Å². The molecule has 1 N–H and O–H groups in total. The second kappa shape index (κ2) is 6.83. The van der Waals surface area contributed by atoms with Crippen molar-refractivity contribution in [1.82, 2.24) is 4.98 Å². The Morgan fingerprint density at radius 3 is 2.58 bits per heavy atom. The number of carboxylic acid groups (broad SMARTS) is 1. The van der Waals surface area contributed by atoms with Crippen LogP contribution >= 0.6 is 0 Å². The van der Waals surface area contributed by atoms with Gasteiger partial charge in [-0.3, -0.25) is 9.78 Å². The second-order valence-corrected chi connectivity index (χ2v) is 6.36. The zero-order valence-corrected chi connectivity index (χ0v) is 14.5. The SMILES string of the molecule is C=C/C(=C\C(=C)C(C)(C)C(=O)O)c1cc2cc(CC)ccc2cn1. The number of nitrogens with zero attached hydrogens (tertiary/aromatic N) is 1. The molecule has 3 heteroatoms. The van der Waals surface area contributed by atoms with Gasteiger partial charge in [0.15, 0.2) is 0 Å². The lowest BCUT2D eigenvalue weighted by Gasteiger charge is -2.20. The number of aliphatic carboxylic acids is 1. The summed E-state index contributed by atoms with van der Waals surface area (Å²) in [6.45, 7) is 13.1. The van der Waals surface area contributed by atoms with Gasteiger partial charge in [0, 0.05) is 11.6 Å². The highest BCUT2D eigenvalue weighted by atomic mass is 16.4. The summed E-state index contributed by atoms with van der Waals surface area (Å²) < 4.78 is 0. The molecule has 1 heterocycles. The van der Waals surface area contributed by atoms with Gasteiger partial charge in [-0.15, -0.1) is 0 Å². The van der Waals surface area contributed by atoms with Gasteiger partial charge in [-0.1, -0.05) is 44.4 Å². The van der Waals surface area contributed by atoms with E-state index in [1.165, 1.54) is 5.56 Å². The molecule has 0 bridgehead atoms. The van der Waals surface area contributed by atoms with Crippen LogP contribution in [0.25, 0.3) is 16.3 Å². The van der Waals surface area contributed by atoms with Crippen molar-refractivity contribution in [3.63, 3.8) is 0 Å². The highest BCUT2D eigenvalue weighted by Crippen LogP contribution is 2.29. The molecule has 0 aliphatic heterocycles. The van der Waals surface area contributed by atoms with Crippen LogP contribution in [0.1, 0.15) is 32.0 Å². The van der Waals surface area contributed by atoms with Gasteiger partial charge in [0.05, 0.1) is 11.1 Å². The highest BCUT2D eigenvalue weighted by Gasteiger charge is 2.29. The van der Waals surface area contributed by atoms with Gasteiger partial charge in [-0.2, -0.15) is 0 Å². The van der Waals surface area contributed by atoms with E-state index in [1.54, 1.807) is 26.0 Å². The molecule has 0 unspecified atom stereocenters. The smallest absolute Gasteiger partial charge is 0.313 e. The predicted octanol–water partition coefficient (Wildman–Crippen LogP) is 5.03. The molecule has 124 valence electrons. The summed E-state index contributed by atoms with van der Waals surface area (Å²) in [7, 11) is 0. The Morgan fingerprint density at radius 1 is 1.29 bits per heavy atom. The molecule has 0 aliphatic carbocycles. The predicted molar refractivity (Wildman–Crippen MR) is 99.9 cm³/mol. The first-order valence-corrected chi connectivity index (χ1v) is 7.95. The summed E-state index contributed by atoms with van der Waals surface area (Å²) in [5.41, 5.74) is 2.25. The maximum atomic E-state index is 11.4. The Kier molecular flexibility index (Phi) is 5.03. The Labute approximate surface area is 143 Å². The molecule has 0 saturated carbocycles. The van der Waals surface area contributed by atoms with Crippen molar-refractivity contribution in [1.29, 1.82) is 0 Å². The minimum Gasteiger partial charge on any atom is -0.481 e. The molecule has 0 spiro atoms. The van der Waals surface area contributed by atoms with Crippen LogP contribution in [-0.2, 0) is 11.2 Å². The molecule has 24 heavy (non-hydrogen) atoms. The molecular weight excluding hydrogens is 298 g/mol. The Balaban J connectivity index is 2.49. The first-order chi connectivity index (χ1) is 11.3. The lowest BCUT2D eigenvalue weighted by molar-refractivity contribution is -0.144. The molecule has 0 atom stereocenters. The van der Waals surface area contributed by atoms with Gasteiger partial charge in [0.25, 0.3) is 0 Å². The van der Waals surface area contributed by atoms with Crippen LogP contribution in [0.3, 0.4) is 0 Å². The third kappa shape index (κ3) is 3.46. The molecule has 2 aromatic rings. The molecular formula is C21H23NO2. The van der Waals surface area contributed by atoms with E-state index in [1.807, 2.05) is 12.3 Å². The highest BCUT2D eigenvalue weighted by molar-refractivity contribution is 5.87. The summed E-state index contributed by atoms with van der Waals surface area (Å²) in [5.74, 6) is -0.911. The van der Waals surface area contributed by atoms with E-state index in [2.05, 4.69) is 43.3 Å². The topological polar surface area (TPSA) is 50.2 Å². The molecule has 0 amide bonds. The average molecular weight is 321 g/mol. The number of aromatic nitrogens is 1. The lowest BCUT2D eigenvalue weighted by Crippen LogP contribution is -2.24. The van der Waals surface area contributed by atoms with Crippen molar-refractivity contribution in [2.24, 2.45) is 5.41 Å². The first kappa shape index (κ1) is 17.7. The maximum absolute atomic E-state index is 11.4. The summed E-state index contributed by atoms with van der Waals surface area (Å²) in [5, 5.41) is 11.5. The van der Waals surface area contributed by atoms with Crippen molar-refractivity contribution in [2.75, 3.05) is 0 Å². The van der Waals surface area contributed by atoms with Crippen LogP contribution in [0.2, 0.25) is 0 Å². The fourth-order valence-electron chi connectivity index (χ4n) is 2.31. The van der Waals surface area contributed by atoms with Crippen molar-refractivity contribution < 1.29 is 9.90 Å². The fourth-order valence-corrected chi connectivity index (χ4v) is 2.31. The second-order valence-electron chi connectivity index (χ2n) is 6.36. The molecule has 3 nitrogen and oxygen atoms in total. The average Bonchev–Trinajstić information content (AvgIpc) is 2.58. The quantitative estimate of drug-likeness (QED) is 0.759. The summed E-state index contributed by atoms with van der Waals surface area (Å²) >= 11 is 0. The molecule has 0 saturated heterocycles. The van der Waals surface area contributed by atoms with Crippen LogP contribution in [-0.4, -0.2) is 16.1 Å². The normalized spacial score (nSPS) is 12.2. The fraction of sp³-hybridized carbons (Fsp3) is 0.238. The number of carbonyl (C=O) groups is 1. The molecule has 0 radical (unpaired) electrons. The number of allylic oxidation sites excluding steroid dienone is 3. The lowest BCUT2D eigenvalue weighted by atomic mass is 9.84. The van der Waals surface area contributed by atoms with Crippen LogP contribution in [0.4, 0.5) is 0 Å². The third-order valence-corrected chi connectivity index (χ3v) is 4.38. The van der Waals surface area contributed by atoms with Gasteiger partial charge in [-0.25, -0.2) is 0 Å². The molecule has 1 aromatic carbocycles. The number of rotatable bonds is 6. The Bertz CT molecular complexity index is 844. The molecule has 2 rings (SSSR count). The van der Waals surface area contributed by atoms with Gasteiger partial charge in [0.2, 0.25) is 0 Å². The van der Waals surface area contributed by atoms with Gasteiger partial charge in [-0.05, 0) is 54.5 Å². The largest absolute Gasteiger partial charge is 0.481 e. The molecule has 1 aromatic heterocycles. The minimum absolute atomic E-state index is 0.508. The molecule has 0 aliphatic rings. The summed E-state index contributed by atoms with van der Waals surface area (Å²) in [4.78, 5) is 15.9. The van der Waals surface area contributed by atoms with E-state index in [0.717, 1.165) is 28.5 Å². The first-order valence-electron chi connectivity index (χ1n) is 7.95. The third-order valence-electron chi connectivity index (χ3n) is 4.38. The molecule has 0 fully saturated rings. The zero-order valence-electron chi connectivity index (χ0n) is 14.5.